The summed E-state index contributed by atoms with van der Waals surface area (Å²) in [5.74, 6) is 0.0728. The summed E-state index contributed by atoms with van der Waals surface area (Å²) >= 11 is 5.85. The fraction of sp³-hybridized carbons (Fsp3) is 0.235. The molecule has 1 N–H and O–H groups in total. The Kier molecular flexibility index (Phi) is 3.27. The Morgan fingerprint density at radius 3 is 2.20 bits per heavy atom. The summed E-state index contributed by atoms with van der Waals surface area (Å²) in [4.78, 5) is 12.5. The molecule has 0 radical (unpaired) electrons. The number of amides is 1. The van der Waals surface area contributed by atoms with Crippen LogP contribution in [0.1, 0.15) is 24.0 Å². The highest BCUT2D eigenvalue weighted by Crippen LogP contribution is 2.49. The van der Waals surface area contributed by atoms with Crippen LogP contribution < -0.4 is 5.32 Å². The van der Waals surface area contributed by atoms with Crippen LogP contribution in [0.15, 0.2) is 48.5 Å². The first kappa shape index (κ1) is 13.2. The van der Waals surface area contributed by atoms with Crippen molar-refractivity contribution >= 4 is 23.2 Å². The first-order valence-corrected chi connectivity index (χ1v) is 7.12. The summed E-state index contributed by atoms with van der Waals surface area (Å²) in [7, 11) is 0. The van der Waals surface area contributed by atoms with Gasteiger partial charge < -0.3 is 5.32 Å². The molecular weight excluding hydrogens is 270 g/mol. The van der Waals surface area contributed by atoms with Gasteiger partial charge in [0.05, 0.1) is 5.41 Å². The van der Waals surface area contributed by atoms with E-state index in [1.807, 2.05) is 12.1 Å². The van der Waals surface area contributed by atoms with Gasteiger partial charge in [-0.25, -0.2) is 0 Å². The number of halogens is 1. The van der Waals surface area contributed by atoms with Gasteiger partial charge in [0, 0.05) is 10.7 Å². The number of carbonyl (C=O) groups excluding carboxylic acids is 1. The fourth-order valence-corrected chi connectivity index (χ4v) is 2.55. The molecule has 0 unspecified atom stereocenters. The zero-order valence-corrected chi connectivity index (χ0v) is 12.1. The van der Waals surface area contributed by atoms with Crippen LogP contribution in [0, 0.1) is 6.92 Å². The van der Waals surface area contributed by atoms with Crippen molar-refractivity contribution in [3.8, 4) is 0 Å². The lowest BCUT2D eigenvalue weighted by molar-refractivity contribution is -0.118. The van der Waals surface area contributed by atoms with E-state index >= 15 is 0 Å². The molecule has 0 aliphatic heterocycles. The molecule has 1 aliphatic rings. The van der Waals surface area contributed by atoms with Gasteiger partial charge >= 0.3 is 0 Å². The highest BCUT2D eigenvalue weighted by Gasteiger charge is 2.51. The van der Waals surface area contributed by atoms with Crippen molar-refractivity contribution in [3.05, 3.63) is 64.7 Å². The fourth-order valence-electron chi connectivity index (χ4n) is 2.43. The predicted octanol–water partition coefficient (Wildman–Crippen LogP) is 4.32. The number of nitrogens with one attached hydrogen (secondary N) is 1. The number of anilines is 1. The maximum absolute atomic E-state index is 12.5. The molecule has 1 fully saturated rings. The number of rotatable bonds is 3. The van der Waals surface area contributed by atoms with Crippen molar-refractivity contribution in [2.75, 3.05) is 5.32 Å². The average molecular weight is 286 g/mol. The smallest absolute Gasteiger partial charge is 0.235 e. The Morgan fingerprint density at radius 2 is 1.65 bits per heavy atom. The molecule has 2 aromatic carbocycles. The Labute approximate surface area is 123 Å². The molecule has 1 saturated carbocycles. The molecule has 3 heteroatoms. The van der Waals surface area contributed by atoms with Gasteiger partial charge in [-0.3, -0.25) is 4.79 Å². The van der Waals surface area contributed by atoms with Crippen LogP contribution >= 0.6 is 11.6 Å². The zero-order valence-electron chi connectivity index (χ0n) is 11.3. The molecule has 1 amide bonds. The first-order valence-electron chi connectivity index (χ1n) is 6.74. The van der Waals surface area contributed by atoms with Crippen molar-refractivity contribution in [1.29, 1.82) is 0 Å². The molecule has 0 bridgehead atoms. The summed E-state index contributed by atoms with van der Waals surface area (Å²) in [5.41, 5.74) is 2.77. The van der Waals surface area contributed by atoms with Crippen molar-refractivity contribution in [2.24, 2.45) is 0 Å². The Bertz CT molecular complexity index is 627. The maximum atomic E-state index is 12.5. The van der Waals surface area contributed by atoms with Gasteiger partial charge in [-0.05, 0) is 49.6 Å². The van der Waals surface area contributed by atoms with Crippen LogP contribution in [0.5, 0.6) is 0 Å². The Morgan fingerprint density at radius 1 is 1.05 bits per heavy atom. The van der Waals surface area contributed by atoms with Crippen LogP contribution in [0.25, 0.3) is 0 Å². The van der Waals surface area contributed by atoms with Crippen LogP contribution in [0.2, 0.25) is 5.02 Å². The molecule has 2 nitrogen and oxygen atoms in total. The lowest BCUT2D eigenvalue weighted by atomic mass is 9.94. The number of hydrogen-bond donors (Lipinski definition) is 1. The normalized spacial score (nSPS) is 15.7. The van der Waals surface area contributed by atoms with Crippen molar-refractivity contribution in [1.82, 2.24) is 0 Å². The molecule has 2 aromatic rings. The van der Waals surface area contributed by atoms with Crippen LogP contribution in [-0.2, 0) is 10.2 Å². The summed E-state index contributed by atoms with van der Waals surface area (Å²) in [6, 6.07) is 15.5. The lowest BCUT2D eigenvalue weighted by Crippen LogP contribution is -2.27. The largest absolute Gasteiger partial charge is 0.325 e. The first-order chi connectivity index (χ1) is 9.60. The summed E-state index contributed by atoms with van der Waals surface area (Å²) < 4.78 is 0. The van der Waals surface area contributed by atoms with Gasteiger partial charge in [0.15, 0.2) is 0 Å². The monoisotopic (exact) mass is 285 g/mol. The van der Waals surface area contributed by atoms with E-state index in [1.165, 1.54) is 5.56 Å². The third kappa shape index (κ3) is 2.44. The van der Waals surface area contributed by atoms with Gasteiger partial charge in [0.2, 0.25) is 5.91 Å². The number of carbonyl (C=O) groups is 1. The molecular formula is C17H16ClNO. The number of aryl methyl sites for hydroxylation is 1. The van der Waals surface area contributed by atoms with Gasteiger partial charge in [-0.2, -0.15) is 0 Å². The van der Waals surface area contributed by atoms with E-state index in [1.54, 1.807) is 12.1 Å². The van der Waals surface area contributed by atoms with Gasteiger partial charge in [-0.15, -0.1) is 0 Å². The maximum Gasteiger partial charge on any atom is 0.235 e. The second kappa shape index (κ2) is 4.95. The van der Waals surface area contributed by atoms with Gasteiger partial charge in [0.1, 0.15) is 0 Å². The highest BCUT2D eigenvalue weighted by atomic mass is 35.5. The number of benzene rings is 2. The molecule has 0 saturated heterocycles. The Hall–Kier alpha value is -1.80. The minimum absolute atomic E-state index is 0.0728. The van der Waals surface area contributed by atoms with Crippen LogP contribution in [0.4, 0.5) is 5.69 Å². The molecule has 3 rings (SSSR count). The molecule has 102 valence electrons. The van der Waals surface area contributed by atoms with E-state index in [4.69, 9.17) is 11.6 Å². The highest BCUT2D eigenvalue weighted by molar-refractivity contribution is 6.30. The van der Waals surface area contributed by atoms with E-state index in [0.29, 0.717) is 5.02 Å². The van der Waals surface area contributed by atoms with Crippen molar-refractivity contribution in [3.63, 3.8) is 0 Å². The molecule has 1 aliphatic carbocycles. The summed E-state index contributed by atoms with van der Waals surface area (Å²) in [6.07, 6.45) is 1.82. The summed E-state index contributed by atoms with van der Waals surface area (Å²) in [5, 5.41) is 3.66. The van der Waals surface area contributed by atoms with Gasteiger partial charge in [0.25, 0.3) is 0 Å². The third-order valence-corrected chi connectivity index (χ3v) is 4.14. The Balaban J connectivity index is 1.79. The second-order valence-corrected chi connectivity index (χ2v) is 5.85. The standard InChI is InChI=1S/C17H16ClNO/c1-12-2-4-13(5-3-12)17(10-11-17)16(20)19-15-8-6-14(18)7-9-15/h2-9H,10-11H2,1H3,(H,19,20). The molecule has 0 spiro atoms. The van der Waals surface area contributed by atoms with Crippen LogP contribution in [0.3, 0.4) is 0 Å². The van der Waals surface area contributed by atoms with Crippen molar-refractivity contribution < 1.29 is 4.79 Å². The molecule has 0 atom stereocenters. The molecule has 0 aromatic heterocycles. The summed E-state index contributed by atoms with van der Waals surface area (Å²) in [6.45, 7) is 2.05. The second-order valence-electron chi connectivity index (χ2n) is 5.41. The topological polar surface area (TPSA) is 29.1 Å². The SMILES string of the molecule is Cc1ccc(C2(C(=O)Nc3ccc(Cl)cc3)CC2)cc1. The zero-order chi connectivity index (χ0) is 14.2. The third-order valence-electron chi connectivity index (χ3n) is 3.89. The van der Waals surface area contributed by atoms with E-state index in [-0.39, 0.29) is 11.3 Å². The minimum atomic E-state index is -0.340. The quantitative estimate of drug-likeness (QED) is 0.894. The lowest BCUT2D eigenvalue weighted by Gasteiger charge is -2.16. The molecule has 0 heterocycles. The predicted molar refractivity (Wildman–Crippen MR) is 82.2 cm³/mol. The number of hydrogen-bond acceptors (Lipinski definition) is 1. The minimum Gasteiger partial charge on any atom is -0.325 e. The van der Waals surface area contributed by atoms with Crippen LogP contribution in [-0.4, -0.2) is 5.91 Å². The van der Waals surface area contributed by atoms with Gasteiger partial charge in [-0.1, -0.05) is 41.4 Å². The van der Waals surface area contributed by atoms with Crippen molar-refractivity contribution in [2.45, 2.75) is 25.2 Å². The van der Waals surface area contributed by atoms with E-state index in [2.05, 4.69) is 36.5 Å². The molecule has 20 heavy (non-hydrogen) atoms. The van der Waals surface area contributed by atoms with E-state index in [0.717, 1.165) is 24.1 Å². The van der Waals surface area contributed by atoms with E-state index in [9.17, 15) is 4.79 Å². The van der Waals surface area contributed by atoms with E-state index < -0.39 is 0 Å². The average Bonchev–Trinajstić information content (AvgIpc) is 3.24.